The van der Waals surface area contributed by atoms with Gasteiger partial charge in [-0.05, 0) is 232 Å². The Kier molecular flexibility index (Phi) is 32.0. The van der Waals surface area contributed by atoms with Crippen molar-refractivity contribution in [3.8, 4) is 0 Å². The van der Waals surface area contributed by atoms with E-state index in [0.717, 1.165) is 39.1 Å². The van der Waals surface area contributed by atoms with E-state index in [1.54, 1.807) is 13.8 Å². The van der Waals surface area contributed by atoms with Crippen LogP contribution in [0, 0.1) is 0 Å². The van der Waals surface area contributed by atoms with Gasteiger partial charge >= 0.3 is 64.3 Å². The summed E-state index contributed by atoms with van der Waals surface area (Å²) in [6, 6.07) is 0. The van der Waals surface area contributed by atoms with E-state index in [1.807, 2.05) is 69.2 Å². The molecule has 0 aromatic carbocycles. The molecular weight excluding hydrogens is 1460 g/mol. The van der Waals surface area contributed by atoms with E-state index in [1.165, 1.54) is 38.5 Å². The van der Waals surface area contributed by atoms with Crippen LogP contribution >= 0.6 is 94.5 Å². The van der Waals surface area contributed by atoms with Gasteiger partial charge in [-0.15, -0.1) is 0 Å². The Bertz CT molecular complexity index is 2560. The van der Waals surface area contributed by atoms with Crippen LogP contribution in [0.2, 0.25) is 0 Å². The third kappa shape index (κ3) is 29.6. The van der Waals surface area contributed by atoms with Crippen LogP contribution < -0.4 is 59.1 Å². The Morgan fingerprint density at radius 1 is 0.451 bits per heavy atom. The third-order valence-electron chi connectivity index (χ3n) is 16.8. The fourth-order valence-corrected chi connectivity index (χ4v) is 19.6. The van der Waals surface area contributed by atoms with Crippen LogP contribution in [0.5, 0.6) is 0 Å². The largest absolute Gasteiger partial charge is 1.00 e. The normalized spacial score (nSPS) is 31.8. The first-order valence-electron chi connectivity index (χ1n) is 30.4. The summed E-state index contributed by atoms with van der Waals surface area (Å²) >= 11 is 18.4. The standard InChI is InChI=1S/C18H30O4S2.2C9H15ClO4S.C9H16O5S.C9H16O2S.CH3F.Cl3OP.2Na.H2O/c1-15(2)19-11-13(21-15)9-17(5-6-17)23-24-18(7-8-18)10-14-12-20-16(3,4)22-14;3*1-8(2)13-6-7(14-8)5-9(3-4-9)15(10,11)12;1-8(2)10-6-7(11-8)5-9(12)3-4-9;1-2;1-5(2,3)4;;;/h13-14H,5-12H2,1-4H3;2*7H,3-6H2,1-2H3;7H,3-6H2,1-2H3,(H,10,11,12);7,12H,3-6H2,1-2H3;1H3;;;;1H2/q;;;;;;;2*+1;/p-2/t13-,14-;4*7-;;;;;/m01000...../s1/i;;;;;1D;;;;. The molecule has 0 aromatic heterocycles. The van der Waals surface area contributed by atoms with Crippen LogP contribution in [-0.4, -0.2) is 182 Å². The molecule has 6 atom stereocenters. The van der Waals surface area contributed by atoms with Crippen molar-refractivity contribution in [3.63, 3.8) is 0 Å². The van der Waals surface area contributed by atoms with Gasteiger partial charge < -0.3 is 66.9 Å². The number of hydrogen-bond acceptors (Lipinski definition) is 24. The summed E-state index contributed by atoms with van der Waals surface area (Å²) < 4.78 is 169. The van der Waals surface area contributed by atoms with Gasteiger partial charge in [0.1, 0.15) is 10.1 Å². The Morgan fingerprint density at radius 3 is 0.802 bits per heavy atom. The van der Waals surface area contributed by atoms with Gasteiger partial charge in [-0.2, -0.15) is 12.6 Å². The minimum atomic E-state index is -4.20. The fraction of sp³-hybridized carbons (Fsp3) is 1.00. The van der Waals surface area contributed by atoms with Crippen LogP contribution in [0.3, 0.4) is 0 Å². The van der Waals surface area contributed by atoms with E-state index >= 15 is 0 Å². The van der Waals surface area contributed by atoms with Gasteiger partial charge in [0.05, 0.1) is 99.0 Å². The summed E-state index contributed by atoms with van der Waals surface area (Å²) in [7, 11) is 2.89. The summed E-state index contributed by atoms with van der Waals surface area (Å²) in [5.41, 5.74) is 0. The van der Waals surface area contributed by atoms with Crippen molar-refractivity contribution in [2.75, 3.05) is 46.8 Å². The molecule has 36 heteroatoms. The van der Waals surface area contributed by atoms with Crippen molar-refractivity contribution in [1.82, 2.24) is 0 Å². The van der Waals surface area contributed by atoms with E-state index in [2.05, 4.69) is 67.9 Å². The van der Waals surface area contributed by atoms with Gasteiger partial charge in [0, 0.05) is 35.6 Å². The average Bonchev–Trinajstić information content (AvgIpc) is 1.61. The van der Waals surface area contributed by atoms with E-state index in [0.29, 0.717) is 80.7 Å². The minimum absolute atomic E-state index is 0. The van der Waals surface area contributed by atoms with Crippen molar-refractivity contribution < 1.29 is 162 Å². The van der Waals surface area contributed by atoms with Crippen molar-refractivity contribution >= 4 is 123 Å². The second kappa shape index (κ2) is 33.4. The van der Waals surface area contributed by atoms with E-state index in [9.17, 15) is 38.8 Å². The molecule has 0 spiro atoms. The summed E-state index contributed by atoms with van der Waals surface area (Å²) in [4.78, 5) is 0. The van der Waals surface area contributed by atoms with Crippen molar-refractivity contribution in [1.29, 1.82) is 0 Å². The number of thiol groups is 1. The van der Waals surface area contributed by atoms with Gasteiger partial charge in [0.25, 0.3) is 0 Å². The van der Waals surface area contributed by atoms with E-state index < -0.39 is 83.7 Å². The Morgan fingerprint density at radius 2 is 0.648 bits per heavy atom. The first kappa shape index (κ1) is 87.4. The molecule has 0 amide bonds. The van der Waals surface area contributed by atoms with Crippen molar-refractivity contribution in [3.05, 3.63) is 0 Å². The second-order valence-corrected chi connectivity index (χ2v) is 46.3. The number of alkyl halides is 1. The molecule has 91 heavy (non-hydrogen) atoms. The number of ether oxygens (including phenoxy) is 12. The van der Waals surface area contributed by atoms with Gasteiger partial charge in [0.15, 0.2) is 34.7 Å². The first-order valence-corrected chi connectivity index (χ1v) is 42.7. The maximum absolute atomic E-state index is 11.3. The van der Waals surface area contributed by atoms with E-state index in [4.69, 9.17) is 79.6 Å². The molecule has 6 aliphatic carbocycles. The monoisotopic (exact) mass is 1560 g/mol. The van der Waals surface area contributed by atoms with Crippen LogP contribution in [0.15, 0.2) is 0 Å². The van der Waals surface area contributed by atoms with Crippen LogP contribution in [0.1, 0.15) is 200 Å². The summed E-state index contributed by atoms with van der Waals surface area (Å²) in [6.07, 6.45) is 15.9. The summed E-state index contributed by atoms with van der Waals surface area (Å²) in [5.74, 6) is -3.03. The molecule has 6 saturated heterocycles. The molecule has 6 aliphatic heterocycles. The molecule has 12 aliphatic rings. The number of rotatable bonds is 18. The zero-order chi connectivity index (χ0) is 67.0. The van der Waals surface area contributed by atoms with Crippen LogP contribution in [-0.2, 0) is 89.6 Å². The molecule has 21 nitrogen and oxygen atoms in total. The topological polar surface area (TPSA) is 283 Å². The van der Waals surface area contributed by atoms with E-state index in [-0.39, 0.29) is 118 Å². The zero-order valence-electron chi connectivity index (χ0n) is 56.0. The van der Waals surface area contributed by atoms with Gasteiger partial charge in [0.2, 0.25) is 18.1 Å². The zero-order valence-corrected chi connectivity index (χ0v) is 68.6. The number of hydrogen-bond donors (Lipinski definition) is 1. The Hall–Kier alpha value is 3.95. The van der Waals surface area contributed by atoms with Gasteiger partial charge in [-0.1, -0.05) is 21.6 Å². The molecule has 6 saturated carbocycles. The molecule has 0 aromatic rings. The Balaban J connectivity index is 0.000000294. The first-order chi connectivity index (χ1) is 40.3. The second-order valence-electron chi connectivity index (χ2n) is 28.0. The fourth-order valence-electron chi connectivity index (χ4n) is 11.2. The smallest absolute Gasteiger partial charge is 0.870 e. The van der Waals surface area contributed by atoms with Gasteiger partial charge in [-0.25, -0.2) is 25.3 Å². The molecular formula is C55H95Cl5FNa2O21PS6. The third-order valence-corrected chi connectivity index (χ3v) is 28.6. The SMILES string of the molecule is CC1(C)OC[C@@H](CC2(S(=O)(=O)Cl)CC2)O1.CC1(C)OC[C@H](CC2(S(=O)(=O)Cl)CC2)O1.CC1(C)OC[C@H](CC2(S(=O)(=O)[O-])CC2)O1.CC1(C)OC[C@H](CC2(S)CC2)O1.CC1(C)OC[C@H](CC2(SSC3(C[C@H]4COC(C)(C)O4)CC3)CC2)O1.O=P(Cl)(Cl)Cl.[2H]CF.[Na+].[Na+].[OH-]. The predicted octanol–water partition coefficient (Wildman–Crippen LogP) is 7.60. The van der Waals surface area contributed by atoms with Gasteiger partial charge in [-0.3, -0.25) is 8.96 Å². The number of halogens is 6. The minimum Gasteiger partial charge on any atom is -0.870 e. The van der Waals surface area contributed by atoms with Crippen LogP contribution in [0.25, 0.3) is 0 Å². The molecule has 12 rings (SSSR count). The molecule has 1 N–H and O–H groups in total. The maximum Gasteiger partial charge on any atom is 1.00 e. The van der Waals surface area contributed by atoms with Crippen LogP contribution in [0.4, 0.5) is 4.39 Å². The Labute approximate surface area is 623 Å². The molecule has 0 unspecified atom stereocenters. The quantitative estimate of drug-likeness (QED) is 0.0345. The molecule has 0 bridgehead atoms. The van der Waals surface area contributed by atoms with Crippen molar-refractivity contribution in [2.24, 2.45) is 0 Å². The predicted molar refractivity (Wildman–Crippen MR) is 346 cm³/mol. The molecule has 6 heterocycles. The summed E-state index contributed by atoms with van der Waals surface area (Å²) in [5, 5.41) is -3.22. The van der Waals surface area contributed by atoms with Crippen molar-refractivity contribution in [2.45, 2.75) is 298 Å². The molecule has 0 radical (unpaired) electrons. The molecule has 12 fully saturated rings. The summed E-state index contributed by atoms with van der Waals surface area (Å²) in [6.45, 7) is 26.3. The molecule has 526 valence electrons. The maximum atomic E-state index is 11.3. The average molecular weight is 1560 g/mol.